The number of hydrogen-bond acceptors (Lipinski definition) is 4. The van der Waals surface area contributed by atoms with E-state index in [1.165, 1.54) is 11.8 Å². The fourth-order valence-corrected chi connectivity index (χ4v) is 3.92. The van der Waals surface area contributed by atoms with Crippen molar-refractivity contribution in [3.8, 4) is 0 Å². The quantitative estimate of drug-likeness (QED) is 0.897. The summed E-state index contributed by atoms with van der Waals surface area (Å²) < 4.78 is 24.4. The minimum atomic E-state index is -3.01. The number of thiophene rings is 1. The van der Waals surface area contributed by atoms with Crippen LogP contribution in [-0.2, 0) is 10.0 Å². The van der Waals surface area contributed by atoms with Crippen molar-refractivity contribution in [1.82, 2.24) is 9.62 Å². The van der Waals surface area contributed by atoms with E-state index in [1.54, 1.807) is 15.6 Å². The molecule has 0 saturated carbocycles. The largest absolute Gasteiger partial charge is 0.310 e. The second kappa shape index (κ2) is 5.69. The van der Waals surface area contributed by atoms with Crippen LogP contribution in [0.15, 0.2) is 16.8 Å². The molecule has 2 heterocycles. The predicted molar refractivity (Wildman–Crippen MR) is 75.3 cm³/mol. The molecule has 1 aromatic heterocycles. The normalized spacial score (nSPS) is 23.3. The van der Waals surface area contributed by atoms with Gasteiger partial charge in [0, 0.05) is 19.1 Å². The minimum absolute atomic E-state index is 0.337. The molecule has 0 bridgehead atoms. The first-order chi connectivity index (χ1) is 8.47. The van der Waals surface area contributed by atoms with Gasteiger partial charge in [-0.3, -0.25) is 0 Å². The highest BCUT2D eigenvalue weighted by atomic mass is 32.2. The van der Waals surface area contributed by atoms with Crippen molar-refractivity contribution in [2.75, 3.05) is 25.9 Å². The molecule has 1 saturated heterocycles. The van der Waals surface area contributed by atoms with E-state index in [1.807, 2.05) is 0 Å². The summed E-state index contributed by atoms with van der Waals surface area (Å²) in [6.07, 6.45) is 2.24. The van der Waals surface area contributed by atoms with E-state index in [0.717, 1.165) is 13.0 Å². The summed E-state index contributed by atoms with van der Waals surface area (Å²) in [6, 6.07) is 2.46. The van der Waals surface area contributed by atoms with Crippen LogP contribution < -0.4 is 5.32 Å². The molecule has 2 rings (SSSR count). The van der Waals surface area contributed by atoms with Gasteiger partial charge in [0.1, 0.15) is 0 Å². The summed E-state index contributed by atoms with van der Waals surface area (Å²) >= 11 is 1.70. The third-order valence-electron chi connectivity index (χ3n) is 3.47. The van der Waals surface area contributed by atoms with Crippen LogP contribution >= 0.6 is 11.3 Å². The SMILES string of the molecule is C[C@H](NC[C@H]1CCN(S(C)(=O)=O)C1)c1ccsc1. The Hall–Kier alpha value is -0.430. The average Bonchev–Trinajstić information content (AvgIpc) is 2.96. The summed E-state index contributed by atoms with van der Waals surface area (Å²) in [7, 11) is -3.01. The van der Waals surface area contributed by atoms with E-state index in [0.29, 0.717) is 25.0 Å². The van der Waals surface area contributed by atoms with Gasteiger partial charge < -0.3 is 5.32 Å². The molecule has 1 N–H and O–H groups in total. The Morgan fingerprint density at radius 1 is 1.61 bits per heavy atom. The maximum atomic E-state index is 11.4. The van der Waals surface area contributed by atoms with Crippen LogP contribution in [0.3, 0.4) is 0 Å². The summed E-state index contributed by atoms with van der Waals surface area (Å²) in [5.74, 6) is 0.431. The third kappa shape index (κ3) is 3.54. The molecule has 0 amide bonds. The topological polar surface area (TPSA) is 49.4 Å². The van der Waals surface area contributed by atoms with Crippen molar-refractivity contribution in [2.24, 2.45) is 5.92 Å². The molecule has 0 aliphatic carbocycles. The predicted octanol–water partition coefficient (Wildman–Crippen LogP) is 1.68. The number of hydrogen-bond donors (Lipinski definition) is 1. The van der Waals surface area contributed by atoms with Gasteiger partial charge in [-0.1, -0.05) is 0 Å². The molecule has 1 aliphatic heterocycles. The molecule has 1 fully saturated rings. The Kier molecular flexibility index (Phi) is 4.42. The Morgan fingerprint density at radius 2 is 2.39 bits per heavy atom. The molecule has 4 nitrogen and oxygen atoms in total. The Bertz CT molecular complexity index is 470. The van der Waals surface area contributed by atoms with Crippen molar-refractivity contribution < 1.29 is 8.42 Å². The zero-order valence-electron chi connectivity index (χ0n) is 10.8. The van der Waals surface area contributed by atoms with Crippen LogP contribution in [0.1, 0.15) is 24.9 Å². The van der Waals surface area contributed by atoms with Gasteiger partial charge in [0.05, 0.1) is 6.26 Å². The molecule has 0 aromatic carbocycles. The van der Waals surface area contributed by atoms with Gasteiger partial charge in [-0.05, 0) is 48.2 Å². The van der Waals surface area contributed by atoms with Crippen molar-refractivity contribution in [1.29, 1.82) is 0 Å². The van der Waals surface area contributed by atoms with Gasteiger partial charge in [0.2, 0.25) is 10.0 Å². The Morgan fingerprint density at radius 3 is 2.94 bits per heavy atom. The molecule has 0 unspecified atom stereocenters. The number of nitrogens with zero attached hydrogens (tertiary/aromatic N) is 1. The summed E-state index contributed by atoms with van der Waals surface area (Å²) in [5, 5.41) is 7.71. The van der Waals surface area contributed by atoms with E-state index < -0.39 is 10.0 Å². The van der Waals surface area contributed by atoms with E-state index in [2.05, 4.69) is 29.1 Å². The average molecular weight is 288 g/mol. The zero-order chi connectivity index (χ0) is 13.2. The lowest BCUT2D eigenvalue weighted by atomic mass is 10.1. The van der Waals surface area contributed by atoms with E-state index in [4.69, 9.17) is 0 Å². The molecule has 6 heteroatoms. The second-order valence-electron chi connectivity index (χ2n) is 4.96. The van der Waals surface area contributed by atoms with Crippen LogP contribution in [0, 0.1) is 5.92 Å². The first-order valence-electron chi connectivity index (χ1n) is 6.17. The van der Waals surface area contributed by atoms with Crippen LogP contribution in [-0.4, -0.2) is 38.6 Å². The summed E-state index contributed by atoms with van der Waals surface area (Å²) in [6.45, 7) is 4.34. The lowest BCUT2D eigenvalue weighted by Crippen LogP contribution is -2.30. The first-order valence-corrected chi connectivity index (χ1v) is 8.96. The highest BCUT2D eigenvalue weighted by Crippen LogP contribution is 2.20. The Labute approximate surface area is 113 Å². The summed E-state index contributed by atoms with van der Waals surface area (Å²) in [4.78, 5) is 0. The maximum Gasteiger partial charge on any atom is 0.211 e. The highest BCUT2D eigenvalue weighted by molar-refractivity contribution is 7.88. The molecule has 18 heavy (non-hydrogen) atoms. The van der Waals surface area contributed by atoms with Crippen molar-refractivity contribution >= 4 is 21.4 Å². The molecular formula is C12H20N2O2S2. The molecule has 2 atom stereocenters. The van der Waals surface area contributed by atoms with Gasteiger partial charge >= 0.3 is 0 Å². The highest BCUT2D eigenvalue weighted by Gasteiger charge is 2.28. The van der Waals surface area contributed by atoms with Gasteiger partial charge in [-0.15, -0.1) is 0 Å². The van der Waals surface area contributed by atoms with Crippen LogP contribution in [0.2, 0.25) is 0 Å². The van der Waals surface area contributed by atoms with Crippen molar-refractivity contribution in [2.45, 2.75) is 19.4 Å². The molecule has 0 spiro atoms. The van der Waals surface area contributed by atoms with E-state index >= 15 is 0 Å². The lowest BCUT2D eigenvalue weighted by Gasteiger charge is -2.17. The maximum absolute atomic E-state index is 11.4. The van der Waals surface area contributed by atoms with Gasteiger partial charge in [0.15, 0.2) is 0 Å². The molecular weight excluding hydrogens is 268 g/mol. The second-order valence-corrected chi connectivity index (χ2v) is 7.72. The lowest BCUT2D eigenvalue weighted by molar-refractivity contribution is 0.433. The standard InChI is InChI=1S/C12H20N2O2S2/c1-10(12-4-6-17-9-12)13-7-11-3-5-14(8-11)18(2,15)16/h4,6,9-11,13H,3,5,7-8H2,1-2H3/t10-,11+/m0/s1. The van der Waals surface area contributed by atoms with Crippen LogP contribution in [0.5, 0.6) is 0 Å². The number of rotatable bonds is 5. The first kappa shape index (κ1) is 14.0. The summed E-state index contributed by atoms with van der Waals surface area (Å²) in [5.41, 5.74) is 1.30. The number of sulfonamides is 1. The fourth-order valence-electron chi connectivity index (χ4n) is 2.25. The van der Waals surface area contributed by atoms with Gasteiger partial charge in [-0.25, -0.2) is 12.7 Å². The smallest absolute Gasteiger partial charge is 0.211 e. The van der Waals surface area contributed by atoms with Crippen LogP contribution in [0.4, 0.5) is 0 Å². The minimum Gasteiger partial charge on any atom is -0.310 e. The molecule has 1 aliphatic rings. The number of nitrogens with one attached hydrogen (secondary N) is 1. The van der Waals surface area contributed by atoms with Crippen molar-refractivity contribution in [3.63, 3.8) is 0 Å². The molecule has 0 radical (unpaired) electrons. The fraction of sp³-hybridized carbons (Fsp3) is 0.667. The van der Waals surface area contributed by atoms with Gasteiger partial charge in [0.25, 0.3) is 0 Å². The monoisotopic (exact) mass is 288 g/mol. The van der Waals surface area contributed by atoms with Crippen molar-refractivity contribution in [3.05, 3.63) is 22.4 Å². The van der Waals surface area contributed by atoms with Crippen LogP contribution in [0.25, 0.3) is 0 Å². The van der Waals surface area contributed by atoms with E-state index in [9.17, 15) is 8.42 Å². The molecule has 102 valence electrons. The molecule has 1 aromatic rings. The van der Waals surface area contributed by atoms with E-state index in [-0.39, 0.29) is 0 Å². The zero-order valence-corrected chi connectivity index (χ0v) is 12.4. The van der Waals surface area contributed by atoms with Gasteiger partial charge in [-0.2, -0.15) is 11.3 Å². The Balaban J connectivity index is 1.79. The third-order valence-corrected chi connectivity index (χ3v) is 5.44.